The molecule has 8 heteroatoms. The first-order valence-corrected chi connectivity index (χ1v) is 13.2. The van der Waals surface area contributed by atoms with E-state index < -0.39 is 0 Å². The first kappa shape index (κ1) is 35.9. The average molecular weight is 572 g/mol. The second kappa shape index (κ2) is 20.8. The molecule has 0 aromatic heterocycles. The molecule has 0 saturated carbocycles. The standard InChI is InChI=1S/C30H46N2O4.2ClH/c1-7-25-23(13-15-27(33-3)29(25)35-5)17-21-31-19-11-9-10-12-20-32-22-18-24-14-16-28(34-4)30(36-6)26(24)8-2;;/h9-10,13-16,31-32H,7-8,11-12,17-22H2,1-6H3;2*1H/b10-9+;;. The van der Waals surface area contributed by atoms with E-state index in [-0.39, 0.29) is 24.8 Å². The Hall–Kier alpha value is -2.12. The Kier molecular flexibility index (Phi) is 19.6. The molecule has 38 heavy (non-hydrogen) atoms. The van der Waals surface area contributed by atoms with Gasteiger partial charge in [0.2, 0.25) is 0 Å². The van der Waals surface area contributed by atoms with Crippen LogP contribution in [0.3, 0.4) is 0 Å². The summed E-state index contributed by atoms with van der Waals surface area (Å²) in [7, 11) is 6.79. The minimum atomic E-state index is 0. The van der Waals surface area contributed by atoms with Gasteiger partial charge in [-0.2, -0.15) is 0 Å². The van der Waals surface area contributed by atoms with Crippen LogP contribution < -0.4 is 29.6 Å². The van der Waals surface area contributed by atoms with Gasteiger partial charge in [-0.25, -0.2) is 0 Å². The van der Waals surface area contributed by atoms with E-state index in [9.17, 15) is 0 Å². The second-order valence-electron chi connectivity index (χ2n) is 8.63. The second-order valence-corrected chi connectivity index (χ2v) is 8.63. The Morgan fingerprint density at radius 3 is 1.29 bits per heavy atom. The summed E-state index contributed by atoms with van der Waals surface area (Å²) < 4.78 is 22.0. The van der Waals surface area contributed by atoms with Gasteiger partial charge >= 0.3 is 0 Å². The highest BCUT2D eigenvalue weighted by atomic mass is 35.5. The van der Waals surface area contributed by atoms with Gasteiger partial charge < -0.3 is 29.6 Å². The Bertz CT molecular complexity index is 879. The van der Waals surface area contributed by atoms with Crippen molar-refractivity contribution >= 4 is 24.8 Å². The molecule has 0 saturated heterocycles. The molecule has 0 spiro atoms. The van der Waals surface area contributed by atoms with Crippen molar-refractivity contribution < 1.29 is 18.9 Å². The fraction of sp³-hybridized carbons (Fsp3) is 0.533. The Balaban J connectivity index is 0.00000684. The fourth-order valence-corrected chi connectivity index (χ4v) is 4.61. The molecule has 0 amide bonds. The van der Waals surface area contributed by atoms with E-state index in [1.807, 2.05) is 12.1 Å². The molecule has 2 aromatic carbocycles. The fourth-order valence-electron chi connectivity index (χ4n) is 4.61. The lowest BCUT2D eigenvalue weighted by Crippen LogP contribution is -2.19. The Labute approximate surface area is 242 Å². The van der Waals surface area contributed by atoms with Crippen LogP contribution in [-0.4, -0.2) is 54.6 Å². The van der Waals surface area contributed by atoms with Gasteiger partial charge in [-0.3, -0.25) is 0 Å². The minimum Gasteiger partial charge on any atom is -0.493 e. The third-order valence-electron chi connectivity index (χ3n) is 6.48. The first-order chi connectivity index (χ1) is 17.6. The lowest BCUT2D eigenvalue weighted by Gasteiger charge is -2.16. The Morgan fingerprint density at radius 1 is 0.579 bits per heavy atom. The maximum atomic E-state index is 5.59. The van der Waals surface area contributed by atoms with E-state index in [4.69, 9.17) is 18.9 Å². The Morgan fingerprint density at radius 2 is 0.974 bits per heavy atom. The molecule has 0 heterocycles. The molecule has 0 fully saturated rings. The molecular weight excluding hydrogens is 523 g/mol. The largest absolute Gasteiger partial charge is 0.493 e. The van der Waals surface area contributed by atoms with Crippen LogP contribution in [0.2, 0.25) is 0 Å². The third kappa shape index (κ3) is 10.6. The average Bonchev–Trinajstić information content (AvgIpc) is 2.92. The van der Waals surface area contributed by atoms with Crippen molar-refractivity contribution in [1.29, 1.82) is 0 Å². The number of hydrogen-bond donors (Lipinski definition) is 2. The van der Waals surface area contributed by atoms with E-state index in [1.165, 1.54) is 22.3 Å². The number of rotatable bonds is 18. The minimum absolute atomic E-state index is 0. The topological polar surface area (TPSA) is 61.0 Å². The molecule has 0 aliphatic rings. The lowest BCUT2D eigenvalue weighted by molar-refractivity contribution is 0.351. The van der Waals surface area contributed by atoms with Crippen molar-refractivity contribution in [2.45, 2.75) is 52.4 Å². The van der Waals surface area contributed by atoms with Crippen molar-refractivity contribution in [1.82, 2.24) is 10.6 Å². The predicted molar refractivity (Wildman–Crippen MR) is 164 cm³/mol. The summed E-state index contributed by atoms with van der Waals surface area (Å²) >= 11 is 0. The van der Waals surface area contributed by atoms with Crippen molar-refractivity contribution in [3.8, 4) is 23.0 Å². The molecule has 6 nitrogen and oxygen atoms in total. The summed E-state index contributed by atoms with van der Waals surface area (Å²) in [6.45, 7) is 8.19. The van der Waals surface area contributed by atoms with Gasteiger partial charge in [-0.05, 0) is 88.0 Å². The summed E-state index contributed by atoms with van der Waals surface area (Å²) in [6.07, 6.45) is 10.4. The first-order valence-electron chi connectivity index (χ1n) is 13.2. The highest BCUT2D eigenvalue weighted by molar-refractivity contribution is 5.85. The van der Waals surface area contributed by atoms with Crippen LogP contribution in [0.1, 0.15) is 48.9 Å². The zero-order valence-corrected chi connectivity index (χ0v) is 25.6. The van der Waals surface area contributed by atoms with Crippen LogP contribution in [0.25, 0.3) is 0 Å². The molecule has 0 bridgehead atoms. The summed E-state index contributed by atoms with van der Waals surface area (Å²) in [4.78, 5) is 0. The summed E-state index contributed by atoms with van der Waals surface area (Å²) in [5, 5.41) is 7.10. The van der Waals surface area contributed by atoms with Crippen molar-refractivity contribution in [3.63, 3.8) is 0 Å². The molecule has 0 unspecified atom stereocenters. The number of hydrogen-bond acceptors (Lipinski definition) is 6. The molecule has 0 aliphatic heterocycles. The number of halogens is 2. The lowest BCUT2D eigenvalue weighted by atomic mass is 10.0. The number of methoxy groups -OCH3 is 4. The van der Waals surface area contributed by atoms with Gasteiger partial charge in [0.05, 0.1) is 28.4 Å². The monoisotopic (exact) mass is 570 g/mol. The highest BCUT2D eigenvalue weighted by Gasteiger charge is 2.14. The van der Waals surface area contributed by atoms with Crippen molar-refractivity contribution in [2.75, 3.05) is 54.6 Å². The maximum absolute atomic E-state index is 5.59. The molecule has 0 radical (unpaired) electrons. The number of ether oxygens (including phenoxy) is 4. The smallest absolute Gasteiger partial charge is 0.164 e. The molecule has 0 aliphatic carbocycles. The molecule has 2 aromatic rings. The van der Waals surface area contributed by atoms with Gasteiger partial charge in [0, 0.05) is 11.1 Å². The highest BCUT2D eigenvalue weighted by Crippen LogP contribution is 2.35. The van der Waals surface area contributed by atoms with Gasteiger partial charge in [0.25, 0.3) is 0 Å². The van der Waals surface area contributed by atoms with Crippen molar-refractivity contribution in [3.05, 3.63) is 58.7 Å². The predicted octanol–water partition coefficient (Wildman–Crippen LogP) is 5.99. The van der Waals surface area contributed by atoms with E-state index in [2.05, 4.69) is 48.8 Å². The SMILES string of the molecule is CCc1c(CCNCC/C=C/CCNCCc2ccc(OC)c(OC)c2CC)ccc(OC)c1OC.Cl.Cl. The van der Waals surface area contributed by atoms with Crippen molar-refractivity contribution in [2.24, 2.45) is 0 Å². The normalized spacial score (nSPS) is 10.6. The summed E-state index contributed by atoms with van der Waals surface area (Å²) in [5.41, 5.74) is 5.12. The van der Waals surface area contributed by atoms with Crippen LogP contribution in [0.15, 0.2) is 36.4 Å². The third-order valence-corrected chi connectivity index (χ3v) is 6.48. The van der Waals surface area contributed by atoms with Crippen LogP contribution in [-0.2, 0) is 25.7 Å². The molecule has 2 N–H and O–H groups in total. The molecule has 2 rings (SSSR count). The summed E-state index contributed by atoms with van der Waals surface area (Å²) in [5.74, 6) is 3.34. The number of benzene rings is 2. The van der Waals surface area contributed by atoms with E-state index >= 15 is 0 Å². The number of nitrogens with one attached hydrogen (secondary N) is 2. The zero-order valence-electron chi connectivity index (χ0n) is 24.0. The van der Waals surface area contributed by atoms with Crippen LogP contribution in [0, 0.1) is 0 Å². The summed E-state index contributed by atoms with van der Waals surface area (Å²) in [6, 6.07) is 8.31. The van der Waals surface area contributed by atoms with Crippen LogP contribution in [0.4, 0.5) is 0 Å². The van der Waals surface area contributed by atoms with Gasteiger partial charge in [0.1, 0.15) is 0 Å². The van der Waals surface area contributed by atoms with E-state index in [0.29, 0.717) is 0 Å². The van der Waals surface area contributed by atoms with Gasteiger partial charge in [-0.15, -0.1) is 24.8 Å². The molecular formula is C30H48Cl2N2O4. The van der Waals surface area contributed by atoms with E-state index in [1.54, 1.807) is 28.4 Å². The quantitative estimate of drug-likeness (QED) is 0.169. The van der Waals surface area contributed by atoms with Crippen LogP contribution in [0.5, 0.6) is 23.0 Å². The van der Waals surface area contributed by atoms with Gasteiger partial charge in [0.15, 0.2) is 23.0 Å². The zero-order chi connectivity index (χ0) is 26.2. The molecule has 216 valence electrons. The van der Waals surface area contributed by atoms with E-state index in [0.717, 1.165) is 87.7 Å². The maximum Gasteiger partial charge on any atom is 0.164 e. The van der Waals surface area contributed by atoms with Gasteiger partial charge in [-0.1, -0.05) is 38.1 Å². The molecule has 0 atom stereocenters. The van der Waals surface area contributed by atoms with Crippen LogP contribution >= 0.6 is 24.8 Å².